The summed E-state index contributed by atoms with van der Waals surface area (Å²) < 4.78 is 13.4. The zero-order valence-corrected chi connectivity index (χ0v) is 15.8. The first-order chi connectivity index (χ1) is 12.9. The predicted molar refractivity (Wildman–Crippen MR) is 101 cm³/mol. The van der Waals surface area contributed by atoms with Gasteiger partial charge < -0.3 is 19.4 Å². The number of methoxy groups -OCH3 is 2. The fraction of sp³-hybridized carbons (Fsp3) is 0.316. The number of pyridine rings is 1. The third kappa shape index (κ3) is 3.64. The number of nitrogens with one attached hydrogen (secondary N) is 1. The smallest absolute Gasteiger partial charge is 0.277 e. The lowest BCUT2D eigenvalue weighted by Crippen LogP contribution is -2.32. The number of rotatable bonds is 6. The van der Waals surface area contributed by atoms with Crippen LogP contribution in [-0.2, 0) is 24.9 Å². The van der Waals surface area contributed by atoms with Gasteiger partial charge in [-0.25, -0.2) is 0 Å². The topological polar surface area (TPSA) is 87.4 Å². The Bertz CT molecular complexity index is 1050. The molecule has 0 unspecified atom stereocenters. The van der Waals surface area contributed by atoms with Gasteiger partial charge in [-0.05, 0) is 31.2 Å². The van der Waals surface area contributed by atoms with E-state index in [0.717, 1.165) is 16.6 Å². The van der Waals surface area contributed by atoms with Gasteiger partial charge in [-0.2, -0.15) is 5.10 Å². The second-order valence-corrected chi connectivity index (χ2v) is 6.17. The highest BCUT2D eigenvalue weighted by Gasteiger charge is 2.13. The summed E-state index contributed by atoms with van der Waals surface area (Å²) in [5.41, 5.74) is 1.81. The summed E-state index contributed by atoms with van der Waals surface area (Å²) in [4.78, 5) is 25.0. The third-order valence-corrected chi connectivity index (χ3v) is 4.43. The number of hydrogen-bond donors (Lipinski definition) is 1. The van der Waals surface area contributed by atoms with Crippen LogP contribution in [-0.4, -0.2) is 34.5 Å². The maximum atomic E-state index is 12.6. The molecule has 0 atom stereocenters. The van der Waals surface area contributed by atoms with Crippen molar-refractivity contribution in [2.75, 3.05) is 14.2 Å². The molecule has 0 bridgehead atoms. The normalized spacial score (nSPS) is 10.8. The molecular weight excluding hydrogens is 348 g/mol. The van der Waals surface area contributed by atoms with Gasteiger partial charge in [-0.15, -0.1) is 0 Å². The molecule has 0 aliphatic carbocycles. The van der Waals surface area contributed by atoms with Gasteiger partial charge in [0, 0.05) is 30.7 Å². The summed E-state index contributed by atoms with van der Waals surface area (Å²) in [5.74, 6) is 1.05. The predicted octanol–water partition coefficient (Wildman–Crippen LogP) is 1.38. The molecule has 2 aromatic heterocycles. The number of amides is 1. The molecule has 8 heteroatoms. The van der Waals surface area contributed by atoms with Gasteiger partial charge >= 0.3 is 0 Å². The van der Waals surface area contributed by atoms with E-state index >= 15 is 0 Å². The molecular formula is C19H22N4O4. The van der Waals surface area contributed by atoms with Crippen LogP contribution in [0.3, 0.4) is 0 Å². The van der Waals surface area contributed by atoms with E-state index < -0.39 is 0 Å². The van der Waals surface area contributed by atoms with E-state index in [1.54, 1.807) is 56.4 Å². The maximum absolute atomic E-state index is 12.6. The van der Waals surface area contributed by atoms with E-state index in [-0.39, 0.29) is 24.6 Å². The Morgan fingerprint density at radius 3 is 2.70 bits per heavy atom. The molecule has 0 aliphatic rings. The number of benzene rings is 1. The summed E-state index contributed by atoms with van der Waals surface area (Å²) in [6, 6.07) is 7.17. The standard InChI is InChI=1S/C19H22N4O4/c1-12-15-7-8-23(19(25)18(15)22(2)21-12)11-17(24)20-10-13-9-14(26-3)5-6-16(13)27-4/h5-9H,10-11H2,1-4H3,(H,20,24). The number of aryl methyl sites for hydroxylation is 2. The van der Waals surface area contributed by atoms with E-state index in [9.17, 15) is 9.59 Å². The molecule has 1 amide bonds. The average molecular weight is 370 g/mol. The van der Waals surface area contributed by atoms with Gasteiger partial charge in [0.15, 0.2) is 0 Å². The highest BCUT2D eigenvalue weighted by molar-refractivity contribution is 5.81. The van der Waals surface area contributed by atoms with Gasteiger partial charge in [0.1, 0.15) is 23.6 Å². The largest absolute Gasteiger partial charge is 0.497 e. The average Bonchev–Trinajstić information content (AvgIpc) is 2.96. The third-order valence-electron chi connectivity index (χ3n) is 4.43. The van der Waals surface area contributed by atoms with Crippen LogP contribution in [0.1, 0.15) is 11.3 Å². The molecule has 0 aliphatic heterocycles. The second-order valence-electron chi connectivity index (χ2n) is 6.17. The molecule has 0 saturated heterocycles. The van der Waals surface area contributed by atoms with E-state index in [0.29, 0.717) is 17.0 Å². The molecule has 8 nitrogen and oxygen atoms in total. The Morgan fingerprint density at radius 1 is 1.22 bits per heavy atom. The first-order valence-electron chi connectivity index (χ1n) is 8.45. The summed E-state index contributed by atoms with van der Waals surface area (Å²) in [6.45, 7) is 2.03. The molecule has 3 rings (SSSR count). The van der Waals surface area contributed by atoms with Crippen molar-refractivity contribution >= 4 is 16.8 Å². The minimum Gasteiger partial charge on any atom is -0.497 e. The molecule has 142 valence electrons. The van der Waals surface area contributed by atoms with Gasteiger partial charge in [-0.1, -0.05) is 0 Å². The summed E-state index contributed by atoms with van der Waals surface area (Å²) in [7, 11) is 4.86. The quantitative estimate of drug-likeness (QED) is 0.708. The monoisotopic (exact) mass is 370 g/mol. The first kappa shape index (κ1) is 18.5. The summed E-state index contributed by atoms with van der Waals surface area (Å²) >= 11 is 0. The lowest BCUT2D eigenvalue weighted by molar-refractivity contribution is -0.121. The minimum atomic E-state index is -0.278. The van der Waals surface area contributed by atoms with Crippen LogP contribution in [0.5, 0.6) is 11.5 Å². The van der Waals surface area contributed by atoms with Crippen molar-refractivity contribution < 1.29 is 14.3 Å². The molecule has 0 spiro atoms. The van der Waals surface area contributed by atoms with Crippen LogP contribution >= 0.6 is 0 Å². The molecule has 1 aromatic carbocycles. The van der Waals surface area contributed by atoms with Crippen LogP contribution in [0.25, 0.3) is 10.9 Å². The lowest BCUT2D eigenvalue weighted by Gasteiger charge is -2.12. The second kappa shape index (κ2) is 7.53. The highest BCUT2D eigenvalue weighted by Crippen LogP contribution is 2.23. The molecule has 0 saturated carbocycles. The van der Waals surface area contributed by atoms with Crippen LogP contribution in [0.2, 0.25) is 0 Å². The van der Waals surface area contributed by atoms with Crippen molar-refractivity contribution in [3.05, 3.63) is 52.1 Å². The molecule has 27 heavy (non-hydrogen) atoms. The fourth-order valence-electron chi connectivity index (χ4n) is 3.04. The Kier molecular flexibility index (Phi) is 5.16. The Hall–Kier alpha value is -3.29. The van der Waals surface area contributed by atoms with Gasteiger partial charge in [0.25, 0.3) is 5.56 Å². The van der Waals surface area contributed by atoms with E-state index in [1.807, 2.05) is 6.92 Å². The summed E-state index contributed by atoms with van der Waals surface area (Å²) in [5, 5.41) is 7.86. The van der Waals surface area contributed by atoms with Crippen LogP contribution in [0.4, 0.5) is 0 Å². The SMILES string of the molecule is COc1ccc(OC)c(CNC(=O)Cn2ccc3c(C)nn(C)c3c2=O)c1. The van der Waals surface area contributed by atoms with Crippen molar-refractivity contribution in [1.82, 2.24) is 19.7 Å². The van der Waals surface area contributed by atoms with Crippen molar-refractivity contribution in [2.24, 2.45) is 7.05 Å². The number of hydrogen-bond acceptors (Lipinski definition) is 5. The van der Waals surface area contributed by atoms with Crippen LogP contribution < -0.4 is 20.3 Å². The lowest BCUT2D eigenvalue weighted by atomic mass is 10.2. The Morgan fingerprint density at radius 2 is 2.00 bits per heavy atom. The number of ether oxygens (including phenoxy) is 2. The van der Waals surface area contributed by atoms with Crippen LogP contribution in [0, 0.1) is 6.92 Å². The van der Waals surface area contributed by atoms with Gasteiger partial charge in [0.05, 0.1) is 19.9 Å². The number of nitrogens with zero attached hydrogens (tertiary/aromatic N) is 3. The number of carbonyl (C=O) groups is 1. The number of carbonyl (C=O) groups excluding carboxylic acids is 1. The summed E-state index contributed by atoms with van der Waals surface area (Å²) in [6.07, 6.45) is 1.62. The zero-order valence-electron chi connectivity index (χ0n) is 15.8. The number of aromatic nitrogens is 3. The Labute approximate surface area is 156 Å². The highest BCUT2D eigenvalue weighted by atomic mass is 16.5. The molecule has 0 radical (unpaired) electrons. The fourth-order valence-corrected chi connectivity index (χ4v) is 3.04. The Balaban J connectivity index is 1.75. The zero-order chi connectivity index (χ0) is 19.6. The van der Waals surface area contributed by atoms with Crippen molar-refractivity contribution in [2.45, 2.75) is 20.0 Å². The van der Waals surface area contributed by atoms with E-state index in [2.05, 4.69) is 10.4 Å². The van der Waals surface area contributed by atoms with E-state index in [1.165, 1.54) is 4.57 Å². The van der Waals surface area contributed by atoms with Crippen LogP contribution in [0.15, 0.2) is 35.3 Å². The van der Waals surface area contributed by atoms with E-state index in [4.69, 9.17) is 9.47 Å². The molecule has 2 heterocycles. The van der Waals surface area contributed by atoms with Gasteiger partial charge in [-0.3, -0.25) is 14.3 Å². The maximum Gasteiger partial charge on any atom is 0.277 e. The minimum absolute atomic E-state index is 0.0781. The van der Waals surface area contributed by atoms with Gasteiger partial charge in [0.2, 0.25) is 5.91 Å². The molecule has 3 aromatic rings. The molecule has 1 N–H and O–H groups in total. The first-order valence-corrected chi connectivity index (χ1v) is 8.45. The van der Waals surface area contributed by atoms with Crippen molar-refractivity contribution in [3.63, 3.8) is 0 Å². The number of fused-ring (bicyclic) bond motifs is 1. The van der Waals surface area contributed by atoms with Crippen molar-refractivity contribution in [1.29, 1.82) is 0 Å². The molecule has 0 fully saturated rings. The van der Waals surface area contributed by atoms with Crippen molar-refractivity contribution in [3.8, 4) is 11.5 Å².